The second-order valence-corrected chi connectivity index (χ2v) is 5.33. The first-order valence-electron chi connectivity index (χ1n) is 5.98. The number of nitrogens with one attached hydrogen (secondary N) is 2. The van der Waals surface area contributed by atoms with Crippen molar-refractivity contribution in [1.29, 1.82) is 0 Å². The zero-order chi connectivity index (χ0) is 13.2. The van der Waals surface area contributed by atoms with Gasteiger partial charge in [-0.15, -0.1) is 0 Å². The summed E-state index contributed by atoms with van der Waals surface area (Å²) in [5, 5.41) is 6.02. The molecule has 0 spiro atoms. The summed E-state index contributed by atoms with van der Waals surface area (Å²) in [5.74, 6) is -0.544. The molecule has 1 unspecified atom stereocenters. The fourth-order valence-electron chi connectivity index (χ4n) is 2.11. The maximum absolute atomic E-state index is 13.0. The van der Waals surface area contributed by atoms with Crippen LogP contribution < -0.4 is 10.6 Å². The maximum Gasteiger partial charge on any atom is 0.231 e. The van der Waals surface area contributed by atoms with E-state index in [9.17, 15) is 9.18 Å². The van der Waals surface area contributed by atoms with Crippen LogP contribution in [0.1, 0.15) is 19.8 Å². The van der Waals surface area contributed by atoms with Gasteiger partial charge in [0, 0.05) is 12.2 Å². The normalized spacial score (nSPS) is 23.7. The van der Waals surface area contributed by atoms with E-state index >= 15 is 0 Å². The van der Waals surface area contributed by atoms with E-state index < -0.39 is 11.2 Å². The van der Waals surface area contributed by atoms with Gasteiger partial charge in [-0.3, -0.25) is 4.79 Å². The molecule has 1 amide bonds. The van der Waals surface area contributed by atoms with Crippen LogP contribution in [0.5, 0.6) is 0 Å². The summed E-state index contributed by atoms with van der Waals surface area (Å²) in [7, 11) is 0. The van der Waals surface area contributed by atoms with E-state index in [2.05, 4.69) is 10.6 Å². The van der Waals surface area contributed by atoms with E-state index in [4.69, 9.17) is 11.6 Å². The summed E-state index contributed by atoms with van der Waals surface area (Å²) in [6.07, 6.45) is 1.83. The number of halogens is 2. The second kappa shape index (κ2) is 5.24. The number of carbonyl (C=O) groups is 1. The van der Waals surface area contributed by atoms with Crippen molar-refractivity contribution in [3.05, 3.63) is 29.0 Å². The molecule has 1 fully saturated rings. The molecule has 98 valence electrons. The average Bonchev–Trinajstić information content (AvgIpc) is 2.35. The van der Waals surface area contributed by atoms with Crippen molar-refractivity contribution in [2.45, 2.75) is 19.8 Å². The van der Waals surface area contributed by atoms with Crippen LogP contribution in [0.15, 0.2) is 18.2 Å². The largest absolute Gasteiger partial charge is 0.326 e. The topological polar surface area (TPSA) is 41.1 Å². The van der Waals surface area contributed by atoms with Gasteiger partial charge in [0.2, 0.25) is 5.91 Å². The van der Waals surface area contributed by atoms with Crippen LogP contribution in [-0.2, 0) is 4.79 Å². The van der Waals surface area contributed by atoms with Crippen molar-refractivity contribution in [1.82, 2.24) is 5.32 Å². The third-order valence-electron chi connectivity index (χ3n) is 3.32. The van der Waals surface area contributed by atoms with Gasteiger partial charge in [0.1, 0.15) is 5.82 Å². The lowest BCUT2D eigenvalue weighted by Crippen LogP contribution is -2.46. The van der Waals surface area contributed by atoms with Gasteiger partial charge in [-0.05, 0) is 44.5 Å². The lowest BCUT2D eigenvalue weighted by molar-refractivity contribution is -0.125. The first-order valence-corrected chi connectivity index (χ1v) is 6.36. The first-order chi connectivity index (χ1) is 8.51. The zero-order valence-corrected chi connectivity index (χ0v) is 11.0. The molecule has 1 aromatic rings. The van der Waals surface area contributed by atoms with Crippen LogP contribution >= 0.6 is 11.6 Å². The van der Waals surface area contributed by atoms with Crippen molar-refractivity contribution < 1.29 is 9.18 Å². The Morgan fingerprint density at radius 3 is 2.94 bits per heavy atom. The maximum atomic E-state index is 13.0. The minimum absolute atomic E-state index is 0.0136. The van der Waals surface area contributed by atoms with Crippen molar-refractivity contribution >= 4 is 23.2 Å². The molecule has 1 aliphatic rings. The summed E-state index contributed by atoms with van der Waals surface area (Å²) < 4.78 is 13.0. The molecule has 1 heterocycles. The van der Waals surface area contributed by atoms with Crippen LogP contribution in [-0.4, -0.2) is 19.0 Å². The minimum Gasteiger partial charge on any atom is -0.326 e. The quantitative estimate of drug-likeness (QED) is 0.868. The van der Waals surface area contributed by atoms with E-state index in [0.717, 1.165) is 19.4 Å². The lowest BCUT2D eigenvalue weighted by Gasteiger charge is -2.32. The standard InChI is InChI=1S/C13H16ClFN2O/c1-13(5-2-6-16-8-13)12(18)17-9-3-4-11(15)10(14)7-9/h3-4,7,16H,2,5-6,8H2,1H3,(H,17,18). The molecule has 0 bridgehead atoms. The number of hydrogen-bond donors (Lipinski definition) is 2. The Morgan fingerprint density at radius 1 is 1.56 bits per heavy atom. The van der Waals surface area contributed by atoms with Gasteiger partial charge < -0.3 is 10.6 Å². The van der Waals surface area contributed by atoms with Gasteiger partial charge in [-0.1, -0.05) is 11.6 Å². The molecule has 0 saturated carbocycles. The summed E-state index contributed by atoms with van der Waals surface area (Å²) in [4.78, 5) is 12.2. The Hall–Kier alpha value is -1.13. The van der Waals surface area contributed by atoms with Gasteiger partial charge in [0.15, 0.2) is 0 Å². The molecule has 1 atom stereocenters. The predicted molar refractivity (Wildman–Crippen MR) is 70.3 cm³/mol. The molecule has 18 heavy (non-hydrogen) atoms. The monoisotopic (exact) mass is 270 g/mol. The number of carbonyl (C=O) groups excluding carboxylic acids is 1. The van der Waals surface area contributed by atoms with Crippen molar-refractivity contribution in [3.63, 3.8) is 0 Å². The van der Waals surface area contributed by atoms with E-state index in [1.807, 2.05) is 6.92 Å². The van der Waals surface area contributed by atoms with Crippen LogP contribution in [0.25, 0.3) is 0 Å². The van der Waals surface area contributed by atoms with E-state index in [0.29, 0.717) is 12.2 Å². The zero-order valence-electron chi connectivity index (χ0n) is 10.2. The van der Waals surface area contributed by atoms with Crippen molar-refractivity contribution in [3.8, 4) is 0 Å². The molecular formula is C13H16ClFN2O. The Labute approximate surface area is 111 Å². The van der Waals surface area contributed by atoms with Crippen LogP contribution in [0.4, 0.5) is 10.1 Å². The molecule has 1 aromatic carbocycles. The lowest BCUT2D eigenvalue weighted by atomic mass is 9.82. The molecule has 0 aliphatic carbocycles. The summed E-state index contributed by atoms with van der Waals surface area (Å²) in [6.45, 7) is 3.54. The Kier molecular flexibility index (Phi) is 3.88. The molecule has 1 aliphatic heterocycles. The highest BCUT2D eigenvalue weighted by atomic mass is 35.5. The highest BCUT2D eigenvalue weighted by Crippen LogP contribution is 2.28. The van der Waals surface area contributed by atoms with Gasteiger partial charge in [0.05, 0.1) is 10.4 Å². The van der Waals surface area contributed by atoms with Crippen molar-refractivity contribution in [2.24, 2.45) is 5.41 Å². The summed E-state index contributed by atoms with van der Waals surface area (Å²) in [5.41, 5.74) is 0.109. The number of piperidine rings is 1. The highest BCUT2D eigenvalue weighted by Gasteiger charge is 2.34. The van der Waals surface area contributed by atoms with E-state index in [1.54, 1.807) is 0 Å². The predicted octanol–water partition coefficient (Wildman–Crippen LogP) is 2.81. The second-order valence-electron chi connectivity index (χ2n) is 4.92. The van der Waals surface area contributed by atoms with Crippen LogP contribution in [0, 0.1) is 11.2 Å². The molecular weight excluding hydrogens is 255 g/mol. The highest BCUT2D eigenvalue weighted by molar-refractivity contribution is 6.31. The SMILES string of the molecule is CC1(C(=O)Nc2ccc(F)c(Cl)c2)CCCNC1. The molecule has 5 heteroatoms. The molecule has 0 aromatic heterocycles. The molecule has 3 nitrogen and oxygen atoms in total. The Balaban J connectivity index is 2.08. The van der Waals surface area contributed by atoms with E-state index in [-0.39, 0.29) is 10.9 Å². The fourth-order valence-corrected chi connectivity index (χ4v) is 2.29. The Bertz CT molecular complexity index is 458. The molecule has 1 saturated heterocycles. The van der Waals surface area contributed by atoms with Crippen molar-refractivity contribution in [2.75, 3.05) is 18.4 Å². The number of benzene rings is 1. The summed E-state index contributed by atoms with van der Waals surface area (Å²) >= 11 is 5.68. The van der Waals surface area contributed by atoms with Gasteiger partial charge >= 0.3 is 0 Å². The third kappa shape index (κ3) is 2.82. The minimum atomic E-state index is -0.486. The average molecular weight is 271 g/mol. The smallest absolute Gasteiger partial charge is 0.231 e. The fraction of sp³-hybridized carbons (Fsp3) is 0.462. The summed E-state index contributed by atoms with van der Waals surface area (Å²) in [6, 6.07) is 4.19. The van der Waals surface area contributed by atoms with E-state index in [1.165, 1.54) is 18.2 Å². The Morgan fingerprint density at radius 2 is 2.33 bits per heavy atom. The van der Waals surface area contributed by atoms with Crippen LogP contribution in [0.3, 0.4) is 0 Å². The van der Waals surface area contributed by atoms with Gasteiger partial charge in [0.25, 0.3) is 0 Å². The van der Waals surface area contributed by atoms with Gasteiger partial charge in [-0.25, -0.2) is 4.39 Å². The number of anilines is 1. The molecule has 2 N–H and O–H groups in total. The van der Waals surface area contributed by atoms with Crippen LogP contribution in [0.2, 0.25) is 5.02 Å². The number of amides is 1. The number of hydrogen-bond acceptors (Lipinski definition) is 2. The third-order valence-corrected chi connectivity index (χ3v) is 3.61. The number of rotatable bonds is 2. The first kappa shape index (κ1) is 13.3. The van der Waals surface area contributed by atoms with Gasteiger partial charge in [-0.2, -0.15) is 0 Å². The molecule has 2 rings (SSSR count). The molecule has 0 radical (unpaired) electrons.